The molecule has 7 heteroatoms. The van der Waals surface area contributed by atoms with Crippen molar-refractivity contribution in [1.82, 2.24) is 15.2 Å². The standard InChI is InChI=1S/C22H32N4OS.HI/c1-3-23-22(24-14-8-7-11-21-25-18(2)17-28-21)26-15-12-20(13-16-26)27-19-9-5-4-6-10-19;/h4-6,9-10,17,20H,3,7-8,11-16H2,1-2H3,(H,23,24);1H. The van der Waals surface area contributed by atoms with Crippen LogP contribution in [0.5, 0.6) is 5.75 Å². The zero-order valence-electron chi connectivity index (χ0n) is 17.5. The van der Waals surface area contributed by atoms with Gasteiger partial charge in [0, 0.05) is 50.1 Å². The van der Waals surface area contributed by atoms with E-state index in [0.717, 1.165) is 75.7 Å². The van der Waals surface area contributed by atoms with Gasteiger partial charge in [0.25, 0.3) is 0 Å². The van der Waals surface area contributed by atoms with Gasteiger partial charge in [0.2, 0.25) is 0 Å². The topological polar surface area (TPSA) is 49.8 Å². The highest BCUT2D eigenvalue weighted by Gasteiger charge is 2.22. The molecule has 0 atom stereocenters. The van der Waals surface area contributed by atoms with Crippen LogP contribution in [0.4, 0.5) is 0 Å². The summed E-state index contributed by atoms with van der Waals surface area (Å²) >= 11 is 1.77. The monoisotopic (exact) mass is 528 g/mol. The Hall–Kier alpha value is -1.35. The first-order valence-corrected chi connectivity index (χ1v) is 11.3. The summed E-state index contributed by atoms with van der Waals surface area (Å²) in [6.07, 6.45) is 5.66. The van der Waals surface area contributed by atoms with Crippen molar-refractivity contribution in [2.45, 2.75) is 52.1 Å². The van der Waals surface area contributed by atoms with Gasteiger partial charge in [-0.15, -0.1) is 35.3 Å². The molecule has 1 saturated heterocycles. The summed E-state index contributed by atoms with van der Waals surface area (Å²) in [5.74, 6) is 2.02. The molecule has 0 amide bonds. The summed E-state index contributed by atoms with van der Waals surface area (Å²) in [6.45, 7) is 7.93. The van der Waals surface area contributed by atoms with E-state index in [2.05, 4.69) is 34.4 Å². The Morgan fingerprint density at radius 1 is 1.24 bits per heavy atom. The van der Waals surface area contributed by atoms with Crippen LogP contribution in [-0.2, 0) is 6.42 Å². The molecule has 160 valence electrons. The van der Waals surface area contributed by atoms with Crippen LogP contribution >= 0.6 is 35.3 Å². The lowest BCUT2D eigenvalue weighted by atomic mass is 10.1. The molecule has 3 rings (SSSR count). The molecule has 29 heavy (non-hydrogen) atoms. The number of thiazole rings is 1. The zero-order chi connectivity index (χ0) is 19.6. The number of guanidine groups is 1. The number of aryl methyl sites for hydroxylation is 2. The summed E-state index contributed by atoms with van der Waals surface area (Å²) in [4.78, 5) is 11.8. The molecule has 0 aliphatic carbocycles. The van der Waals surface area contributed by atoms with E-state index in [4.69, 9.17) is 9.73 Å². The molecule has 5 nitrogen and oxygen atoms in total. The second-order valence-corrected chi connectivity index (χ2v) is 8.14. The highest BCUT2D eigenvalue weighted by molar-refractivity contribution is 14.0. The quantitative estimate of drug-likeness (QED) is 0.229. The third kappa shape index (κ3) is 8.12. The first-order chi connectivity index (χ1) is 13.7. The van der Waals surface area contributed by atoms with E-state index in [0.29, 0.717) is 6.10 Å². The number of aromatic nitrogens is 1. The maximum absolute atomic E-state index is 6.11. The van der Waals surface area contributed by atoms with Crippen molar-refractivity contribution in [3.05, 3.63) is 46.4 Å². The predicted molar refractivity (Wildman–Crippen MR) is 133 cm³/mol. The van der Waals surface area contributed by atoms with Crippen LogP contribution in [0.3, 0.4) is 0 Å². The first kappa shape index (κ1) is 23.9. The number of halogens is 1. The van der Waals surface area contributed by atoms with Gasteiger partial charge in [-0.05, 0) is 45.2 Å². The van der Waals surface area contributed by atoms with Crippen LogP contribution in [0.15, 0.2) is 40.7 Å². The molecule has 0 radical (unpaired) electrons. The van der Waals surface area contributed by atoms with Crippen molar-refractivity contribution in [1.29, 1.82) is 0 Å². The average Bonchev–Trinajstić information content (AvgIpc) is 3.13. The van der Waals surface area contributed by atoms with E-state index >= 15 is 0 Å². The fraction of sp³-hybridized carbons (Fsp3) is 0.545. The van der Waals surface area contributed by atoms with Crippen molar-refractivity contribution in [2.24, 2.45) is 4.99 Å². The van der Waals surface area contributed by atoms with Crippen molar-refractivity contribution < 1.29 is 4.74 Å². The van der Waals surface area contributed by atoms with Crippen LogP contribution in [0, 0.1) is 6.92 Å². The number of ether oxygens (including phenoxy) is 1. The molecule has 1 aromatic carbocycles. The number of para-hydroxylation sites is 1. The van der Waals surface area contributed by atoms with Gasteiger partial charge in [0.15, 0.2) is 5.96 Å². The lowest BCUT2D eigenvalue weighted by Crippen LogP contribution is -2.47. The number of piperidine rings is 1. The maximum Gasteiger partial charge on any atom is 0.193 e. The molecule has 2 heterocycles. The number of benzene rings is 1. The smallest absolute Gasteiger partial charge is 0.193 e. The van der Waals surface area contributed by atoms with E-state index in [-0.39, 0.29) is 24.0 Å². The highest BCUT2D eigenvalue weighted by Crippen LogP contribution is 2.19. The molecule has 0 unspecified atom stereocenters. The van der Waals surface area contributed by atoms with Gasteiger partial charge in [-0.25, -0.2) is 4.98 Å². The maximum atomic E-state index is 6.11. The molecule has 0 spiro atoms. The van der Waals surface area contributed by atoms with E-state index < -0.39 is 0 Å². The largest absolute Gasteiger partial charge is 0.490 e. The molecule has 1 fully saturated rings. The van der Waals surface area contributed by atoms with Crippen LogP contribution in [-0.4, -0.2) is 48.1 Å². The van der Waals surface area contributed by atoms with Gasteiger partial charge in [0.1, 0.15) is 11.9 Å². The average molecular weight is 529 g/mol. The predicted octanol–water partition coefficient (Wildman–Crippen LogP) is 4.90. The van der Waals surface area contributed by atoms with E-state index in [1.165, 1.54) is 5.01 Å². The minimum Gasteiger partial charge on any atom is -0.490 e. The summed E-state index contributed by atoms with van der Waals surface area (Å²) in [7, 11) is 0. The van der Waals surface area contributed by atoms with E-state index in [9.17, 15) is 0 Å². The number of hydrogen-bond acceptors (Lipinski definition) is 4. The second kappa shape index (κ2) is 13.1. The van der Waals surface area contributed by atoms with Crippen LogP contribution in [0.25, 0.3) is 0 Å². The van der Waals surface area contributed by atoms with Gasteiger partial charge in [-0.3, -0.25) is 4.99 Å². The summed E-state index contributed by atoms with van der Waals surface area (Å²) in [5, 5.41) is 6.82. The molecule has 1 aliphatic rings. The van der Waals surface area contributed by atoms with Crippen LogP contribution in [0.1, 0.15) is 43.3 Å². The van der Waals surface area contributed by atoms with Gasteiger partial charge in [-0.1, -0.05) is 18.2 Å². The fourth-order valence-corrected chi connectivity index (χ4v) is 4.21. The number of nitrogens with zero attached hydrogens (tertiary/aromatic N) is 3. The van der Waals surface area contributed by atoms with Crippen LogP contribution < -0.4 is 10.1 Å². The third-order valence-electron chi connectivity index (χ3n) is 4.85. The Labute approximate surface area is 196 Å². The van der Waals surface area contributed by atoms with E-state index in [1.807, 2.05) is 30.3 Å². The van der Waals surface area contributed by atoms with Gasteiger partial charge in [0.05, 0.1) is 5.01 Å². The van der Waals surface area contributed by atoms with E-state index in [1.54, 1.807) is 11.3 Å². The summed E-state index contributed by atoms with van der Waals surface area (Å²) in [5.41, 5.74) is 1.13. The molecule has 2 aromatic rings. The molecule has 1 aromatic heterocycles. The third-order valence-corrected chi connectivity index (χ3v) is 5.88. The fourth-order valence-electron chi connectivity index (χ4n) is 3.39. The summed E-state index contributed by atoms with van der Waals surface area (Å²) < 4.78 is 6.11. The van der Waals surface area contributed by atoms with Crippen molar-refractivity contribution in [3.63, 3.8) is 0 Å². The number of hydrogen-bond donors (Lipinski definition) is 1. The lowest BCUT2D eigenvalue weighted by Gasteiger charge is -2.34. The molecule has 0 bridgehead atoms. The molecule has 1 N–H and O–H groups in total. The van der Waals surface area contributed by atoms with Gasteiger partial charge < -0.3 is 15.0 Å². The van der Waals surface area contributed by atoms with Crippen molar-refractivity contribution >= 4 is 41.3 Å². The number of unbranched alkanes of at least 4 members (excludes halogenated alkanes) is 1. The van der Waals surface area contributed by atoms with Crippen molar-refractivity contribution in [3.8, 4) is 5.75 Å². The molecular formula is C22H33IN4OS. The number of aliphatic imine (C=N–C) groups is 1. The number of likely N-dealkylation sites (tertiary alicyclic amines) is 1. The Balaban J connectivity index is 0.00000300. The number of rotatable bonds is 8. The van der Waals surface area contributed by atoms with Gasteiger partial charge >= 0.3 is 0 Å². The Bertz CT molecular complexity index is 729. The molecule has 0 saturated carbocycles. The minimum atomic E-state index is 0. The Morgan fingerprint density at radius 3 is 2.66 bits per heavy atom. The van der Waals surface area contributed by atoms with Crippen molar-refractivity contribution in [2.75, 3.05) is 26.2 Å². The second-order valence-electron chi connectivity index (χ2n) is 7.19. The summed E-state index contributed by atoms with van der Waals surface area (Å²) in [6, 6.07) is 10.1. The van der Waals surface area contributed by atoms with Gasteiger partial charge in [-0.2, -0.15) is 0 Å². The molecule has 1 aliphatic heterocycles. The lowest BCUT2D eigenvalue weighted by molar-refractivity contribution is 0.129. The number of nitrogens with one attached hydrogen (secondary N) is 1. The SMILES string of the molecule is CCNC(=NCCCCc1nc(C)cs1)N1CCC(Oc2ccccc2)CC1.I. The Kier molecular flexibility index (Phi) is 10.8. The first-order valence-electron chi connectivity index (χ1n) is 10.4. The van der Waals surface area contributed by atoms with Crippen LogP contribution in [0.2, 0.25) is 0 Å². The normalized spacial score (nSPS) is 15.1. The highest BCUT2D eigenvalue weighted by atomic mass is 127. The molecular weight excluding hydrogens is 495 g/mol. The minimum absolute atomic E-state index is 0. The Morgan fingerprint density at radius 2 is 2.00 bits per heavy atom. The zero-order valence-corrected chi connectivity index (χ0v) is 20.6.